The zero-order valence-corrected chi connectivity index (χ0v) is 15.0. The number of ether oxygens (including phenoxy) is 1. The number of nitrogens with zero attached hydrogens (tertiary/aromatic N) is 2. The van der Waals surface area contributed by atoms with Crippen LogP contribution < -0.4 is 5.32 Å². The first kappa shape index (κ1) is 18.7. The molecule has 1 N–H and O–H groups in total. The Morgan fingerprint density at radius 1 is 1.17 bits per heavy atom. The molecule has 2 rings (SSSR count). The molecule has 0 spiro atoms. The van der Waals surface area contributed by atoms with Gasteiger partial charge in [-0.3, -0.25) is 4.90 Å². The fraction of sp³-hybridized carbons (Fsp3) is 0.632. The zero-order chi connectivity index (χ0) is 17.2. The molecule has 1 aliphatic rings. The van der Waals surface area contributed by atoms with Crippen molar-refractivity contribution in [3.05, 3.63) is 35.9 Å². The highest BCUT2D eigenvalue weighted by molar-refractivity contribution is 5.74. The normalized spacial score (nSPS) is 16.8. The summed E-state index contributed by atoms with van der Waals surface area (Å²) in [5, 5.41) is 3.00. The van der Waals surface area contributed by atoms with Gasteiger partial charge in [-0.25, -0.2) is 4.79 Å². The van der Waals surface area contributed by atoms with Crippen LogP contribution in [-0.2, 0) is 11.2 Å². The fourth-order valence-electron chi connectivity index (χ4n) is 2.98. The molecule has 0 unspecified atom stereocenters. The van der Waals surface area contributed by atoms with Crippen molar-refractivity contribution < 1.29 is 9.53 Å². The number of urea groups is 1. The highest BCUT2D eigenvalue weighted by Gasteiger charge is 2.21. The van der Waals surface area contributed by atoms with Crippen LogP contribution in [0.5, 0.6) is 0 Å². The number of rotatable bonds is 8. The number of benzene rings is 1. The SMILES string of the molecule is CCO[C@@H](CC)CNC(=O)N1CCN(CCc2ccccc2)CC1. The molecular formula is C19H31N3O2. The quantitative estimate of drug-likeness (QED) is 0.794. The molecule has 1 heterocycles. The number of hydrogen-bond acceptors (Lipinski definition) is 3. The maximum Gasteiger partial charge on any atom is 0.317 e. The number of amides is 2. The lowest BCUT2D eigenvalue weighted by Gasteiger charge is -2.35. The summed E-state index contributed by atoms with van der Waals surface area (Å²) in [4.78, 5) is 16.6. The van der Waals surface area contributed by atoms with E-state index in [1.54, 1.807) is 0 Å². The van der Waals surface area contributed by atoms with Crippen LogP contribution in [0.4, 0.5) is 4.79 Å². The lowest BCUT2D eigenvalue weighted by Crippen LogP contribution is -2.52. The zero-order valence-electron chi connectivity index (χ0n) is 15.0. The van der Waals surface area contributed by atoms with Gasteiger partial charge in [-0.05, 0) is 25.3 Å². The largest absolute Gasteiger partial charge is 0.377 e. The minimum atomic E-state index is 0.0378. The van der Waals surface area contributed by atoms with Gasteiger partial charge in [0.25, 0.3) is 0 Å². The smallest absolute Gasteiger partial charge is 0.317 e. The van der Waals surface area contributed by atoms with Crippen molar-refractivity contribution in [1.29, 1.82) is 0 Å². The minimum absolute atomic E-state index is 0.0378. The molecule has 134 valence electrons. The number of carbonyl (C=O) groups is 1. The Kier molecular flexibility index (Phi) is 8.05. The van der Waals surface area contributed by atoms with Crippen LogP contribution >= 0.6 is 0 Å². The van der Waals surface area contributed by atoms with E-state index in [1.165, 1.54) is 5.56 Å². The minimum Gasteiger partial charge on any atom is -0.377 e. The Bertz CT molecular complexity index is 473. The Hall–Kier alpha value is -1.59. The molecule has 0 aliphatic carbocycles. The van der Waals surface area contributed by atoms with Gasteiger partial charge in [-0.2, -0.15) is 0 Å². The highest BCUT2D eigenvalue weighted by Crippen LogP contribution is 2.06. The van der Waals surface area contributed by atoms with Gasteiger partial charge >= 0.3 is 6.03 Å². The molecule has 1 atom stereocenters. The topological polar surface area (TPSA) is 44.8 Å². The van der Waals surface area contributed by atoms with Crippen LogP contribution in [0.2, 0.25) is 0 Å². The molecule has 1 aliphatic heterocycles. The van der Waals surface area contributed by atoms with Crippen LogP contribution in [0.1, 0.15) is 25.8 Å². The molecule has 1 aromatic carbocycles. The molecule has 0 bridgehead atoms. The third-order valence-corrected chi connectivity index (χ3v) is 4.56. The molecule has 0 radical (unpaired) electrons. The van der Waals surface area contributed by atoms with E-state index >= 15 is 0 Å². The average Bonchev–Trinajstić information content (AvgIpc) is 2.64. The van der Waals surface area contributed by atoms with Crippen molar-refractivity contribution in [2.75, 3.05) is 45.9 Å². The van der Waals surface area contributed by atoms with Gasteiger partial charge in [0.15, 0.2) is 0 Å². The summed E-state index contributed by atoms with van der Waals surface area (Å²) in [6.07, 6.45) is 2.10. The van der Waals surface area contributed by atoms with Gasteiger partial charge in [0.2, 0.25) is 0 Å². The number of carbonyl (C=O) groups excluding carboxylic acids is 1. The van der Waals surface area contributed by atoms with E-state index in [2.05, 4.69) is 47.5 Å². The second kappa shape index (κ2) is 10.3. The fourth-order valence-corrected chi connectivity index (χ4v) is 2.98. The van der Waals surface area contributed by atoms with Crippen LogP contribution in [0, 0.1) is 0 Å². The third-order valence-electron chi connectivity index (χ3n) is 4.56. The summed E-state index contributed by atoms with van der Waals surface area (Å²) in [7, 11) is 0. The highest BCUT2D eigenvalue weighted by atomic mass is 16.5. The van der Waals surface area contributed by atoms with E-state index in [4.69, 9.17) is 4.74 Å². The van der Waals surface area contributed by atoms with E-state index < -0.39 is 0 Å². The molecule has 24 heavy (non-hydrogen) atoms. The first-order valence-electron chi connectivity index (χ1n) is 9.13. The Morgan fingerprint density at radius 2 is 1.88 bits per heavy atom. The van der Waals surface area contributed by atoms with Crippen molar-refractivity contribution in [2.24, 2.45) is 0 Å². The van der Waals surface area contributed by atoms with Crippen molar-refractivity contribution in [3.8, 4) is 0 Å². The summed E-state index contributed by atoms with van der Waals surface area (Å²) in [5.41, 5.74) is 1.37. The monoisotopic (exact) mass is 333 g/mol. The molecule has 0 aromatic heterocycles. The van der Waals surface area contributed by atoms with Crippen molar-refractivity contribution in [3.63, 3.8) is 0 Å². The van der Waals surface area contributed by atoms with Crippen molar-refractivity contribution in [2.45, 2.75) is 32.8 Å². The summed E-state index contributed by atoms with van der Waals surface area (Å²) >= 11 is 0. The van der Waals surface area contributed by atoms with E-state index in [-0.39, 0.29) is 12.1 Å². The lowest BCUT2D eigenvalue weighted by molar-refractivity contribution is 0.0596. The molecule has 1 saturated heterocycles. The van der Waals surface area contributed by atoms with E-state index in [0.717, 1.165) is 45.6 Å². The average molecular weight is 333 g/mol. The van der Waals surface area contributed by atoms with Gasteiger partial charge in [0.05, 0.1) is 6.10 Å². The molecule has 5 heteroatoms. The molecule has 5 nitrogen and oxygen atoms in total. The van der Waals surface area contributed by atoms with Crippen LogP contribution in [0.3, 0.4) is 0 Å². The number of piperazine rings is 1. The maximum absolute atomic E-state index is 12.2. The molecular weight excluding hydrogens is 302 g/mol. The first-order valence-corrected chi connectivity index (χ1v) is 9.13. The predicted octanol–water partition coefficient (Wildman–Crippen LogP) is 2.37. The van der Waals surface area contributed by atoms with Crippen LogP contribution in [0.15, 0.2) is 30.3 Å². The van der Waals surface area contributed by atoms with Crippen LogP contribution in [-0.4, -0.2) is 67.8 Å². The van der Waals surface area contributed by atoms with Crippen molar-refractivity contribution in [1.82, 2.24) is 15.1 Å². The summed E-state index contributed by atoms with van der Waals surface area (Å²) in [6, 6.07) is 10.6. The standard InChI is InChI=1S/C19H31N3O2/c1-3-18(24-4-2)16-20-19(23)22-14-12-21(13-15-22)11-10-17-8-6-5-7-9-17/h5-9,18H,3-4,10-16H2,1-2H3,(H,20,23)/t18-/m0/s1. The Morgan fingerprint density at radius 3 is 2.50 bits per heavy atom. The molecule has 1 fully saturated rings. The number of hydrogen-bond donors (Lipinski definition) is 1. The number of nitrogens with one attached hydrogen (secondary N) is 1. The Balaban J connectivity index is 1.65. The molecule has 1 aromatic rings. The van der Waals surface area contributed by atoms with Gasteiger partial charge in [0.1, 0.15) is 0 Å². The second-order valence-electron chi connectivity index (χ2n) is 6.24. The van der Waals surface area contributed by atoms with E-state index in [9.17, 15) is 4.79 Å². The van der Waals surface area contributed by atoms with Crippen LogP contribution in [0.25, 0.3) is 0 Å². The third kappa shape index (κ3) is 6.13. The summed E-state index contributed by atoms with van der Waals surface area (Å²) < 4.78 is 5.58. The van der Waals surface area contributed by atoms with Crippen molar-refractivity contribution >= 4 is 6.03 Å². The Labute approximate surface area is 146 Å². The van der Waals surface area contributed by atoms with E-state index in [0.29, 0.717) is 13.2 Å². The van der Waals surface area contributed by atoms with Gasteiger partial charge in [-0.15, -0.1) is 0 Å². The first-order chi connectivity index (χ1) is 11.7. The van der Waals surface area contributed by atoms with E-state index in [1.807, 2.05) is 11.8 Å². The molecule has 0 saturated carbocycles. The maximum atomic E-state index is 12.2. The predicted molar refractivity (Wildman–Crippen MR) is 97.3 cm³/mol. The second-order valence-corrected chi connectivity index (χ2v) is 6.24. The summed E-state index contributed by atoms with van der Waals surface area (Å²) in [6.45, 7) is 9.90. The summed E-state index contributed by atoms with van der Waals surface area (Å²) in [5.74, 6) is 0. The van der Waals surface area contributed by atoms with Gasteiger partial charge in [0, 0.05) is 45.9 Å². The van der Waals surface area contributed by atoms with Gasteiger partial charge in [-0.1, -0.05) is 37.3 Å². The molecule has 2 amide bonds. The van der Waals surface area contributed by atoms with Gasteiger partial charge < -0.3 is 15.0 Å². The lowest BCUT2D eigenvalue weighted by atomic mass is 10.1.